The molecule has 0 radical (unpaired) electrons. The molecule has 0 aliphatic carbocycles. The Labute approximate surface area is 161 Å². The molecule has 0 aromatic heterocycles. The second-order valence-corrected chi connectivity index (χ2v) is 5.86. The number of hydrogen-bond donors (Lipinski definition) is 2. The fraction of sp³-hybridized carbons (Fsp3) is 0.200. The third-order valence-corrected chi connectivity index (χ3v) is 3.55. The van der Waals surface area contributed by atoms with E-state index >= 15 is 0 Å². The average molecular weight is 384 g/mol. The number of esters is 1. The quantitative estimate of drug-likeness (QED) is 0.561. The maximum absolute atomic E-state index is 12.4. The van der Waals surface area contributed by atoms with E-state index in [-0.39, 0.29) is 17.4 Å². The van der Waals surface area contributed by atoms with Crippen molar-refractivity contribution in [2.45, 2.75) is 13.8 Å². The minimum Gasteiger partial charge on any atom is -0.496 e. The van der Waals surface area contributed by atoms with Gasteiger partial charge in [-0.15, -0.1) is 0 Å². The number of para-hydroxylation sites is 1. The number of carbonyl (C=O) groups excluding carboxylic acids is 4. The van der Waals surface area contributed by atoms with Crippen LogP contribution in [-0.2, 0) is 14.3 Å². The summed E-state index contributed by atoms with van der Waals surface area (Å²) in [7, 11) is 1.44. The number of anilines is 2. The number of nitrogens with one attached hydrogen (secondary N) is 2. The Bertz CT molecular complexity index is 888. The topological polar surface area (TPSA) is 111 Å². The molecule has 0 aliphatic rings. The van der Waals surface area contributed by atoms with Crippen LogP contribution in [0.1, 0.15) is 34.6 Å². The number of benzene rings is 2. The van der Waals surface area contributed by atoms with Gasteiger partial charge in [0.2, 0.25) is 17.6 Å². The fourth-order valence-corrected chi connectivity index (χ4v) is 2.46. The highest BCUT2D eigenvalue weighted by Crippen LogP contribution is 2.21. The van der Waals surface area contributed by atoms with Gasteiger partial charge in [-0.2, -0.15) is 0 Å². The average Bonchev–Trinajstić information content (AvgIpc) is 2.64. The Morgan fingerprint density at radius 2 is 1.46 bits per heavy atom. The van der Waals surface area contributed by atoms with E-state index in [1.165, 1.54) is 39.2 Å². The van der Waals surface area contributed by atoms with Crippen LogP contribution in [0, 0.1) is 0 Å². The predicted octanol–water partition coefficient (Wildman–Crippen LogP) is 2.65. The maximum atomic E-state index is 12.4. The normalized spacial score (nSPS) is 9.96. The van der Waals surface area contributed by atoms with Crippen LogP contribution in [0.3, 0.4) is 0 Å². The van der Waals surface area contributed by atoms with E-state index in [0.29, 0.717) is 22.7 Å². The Hall–Kier alpha value is -3.68. The van der Waals surface area contributed by atoms with E-state index in [0.717, 1.165) is 0 Å². The molecule has 28 heavy (non-hydrogen) atoms. The second kappa shape index (κ2) is 9.31. The van der Waals surface area contributed by atoms with Crippen molar-refractivity contribution >= 4 is 34.9 Å². The Balaban J connectivity index is 2.17. The van der Waals surface area contributed by atoms with E-state index in [1.54, 1.807) is 24.3 Å². The molecule has 0 heterocycles. The van der Waals surface area contributed by atoms with Crippen LogP contribution in [0.15, 0.2) is 42.5 Å². The molecule has 0 bridgehead atoms. The minimum atomic E-state index is -0.776. The molecule has 2 aromatic carbocycles. The van der Waals surface area contributed by atoms with Crippen LogP contribution < -0.4 is 15.4 Å². The van der Waals surface area contributed by atoms with Gasteiger partial charge in [0.05, 0.1) is 18.2 Å². The van der Waals surface area contributed by atoms with Gasteiger partial charge in [-0.3, -0.25) is 14.4 Å². The maximum Gasteiger partial charge on any atom is 0.338 e. The largest absolute Gasteiger partial charge is 0.496 e. The zero-order valence-electron chi connectivity index (χ0n) is 15.7. The standard InChI is InChI=1S/C20H20N2O6/c1-12(23)21-15-8-14(9-16(10-15)22-13(2)24)20(26)28-11-18(25)17-6-4-5-7-19(17)27-3/h4-10H,11H2,1-3H3,(H,21,23)(H,22,24). The van der Waals surface area contributed by atoms with Crippen molar-refractivity contribution in [3.63, 3.8) is 0 Å². The molecule has 2 aromatic rings. The van der Waals surface area contributed by atoms with Crippen molar-refractivity contribution in [2.24, 2.45) is 0 Å². The summed E-state index contributed by atoms with van der Waals surface area (Å²) >= 11 is 0. The van der Waals surface area contributed by atoms with Gasteiger partial charge in [-0.1, -0.05) is 12.1 Å². The van der Waals surface area contributed by atoms with Crippen LogP contribution in [0.4, 0.5) is 11.4 Å². The molecule has 8 nitrogen and oxygen atoms in total. The molecule has 2 rings (SSSR count). The molecule has 2 amide bonds. The lowest BCUT2D eigenvalue weighted by atomic mass is 10.1. The Morgan fingerprint density at radius 1 is 0.893 bits per heavy atom. The third kappa shape index (κ3) is 5.66. The van der Waals surface area contributed by atoms with Crippen molar-refractivity contribution in [1.29, 1.82) is 0 Å². The summed E-state index contributed by atoms with van der Waals surface area (Å²) < 4.78 is 10.2. The number of amides is 2. The molecule has 0 unspecified atom stereocenters. The first-order valence-corrected chi connectivity index (χ1v) is 8.33. The second-order valence-electron chi connectivity index (χ2n) is 5.86. The predicted molar refractivity (Wildman–Crippen MR) is 103 cm³/mol. The number of Topliss-reactive ketones (excluding diaryl/α,β-unsaturated/α-hetero) is 1. The molecule has 0 spiro atoms. The number of methoxy groups -OCH3 is 1. The lowest BCUT2D eigenvalue weighted by Crippen LogP contribution is -2.16. The van der Waals surface area contributed by atoms with Gasteiger partial charge < -0.3 is 20.1 Å². The number of carbonyl (C=O) groups is 4. The third-order valence-electron chi connectivity index (χ3n) is 3.55. The first-order valence-electron chi connectivity index (χ1n) is 8.33. The molecule has 0 aliphatic heterocycles. The zero-order valence-corrected chi connectivity index (χ0v) is 15.7. The summed E-state index contributed by atoms with van der Waals surface area (Å²) in [5, 5.41) is 5.08. The molecule has 146 valence electrons. The molecular formula is C20H20N2O6. The highest BCUT2D eigenvalue weighted by Gasteiger charge is 2.16. The molecule has 0 fully saturated rings. The lowest BCUT2D eigenvalue weighted by Gasteiger charge is -2.11. The van der Waals surface area contributed by atoms with Gasteiger partial charge in [0.25, 0.3) is 0 Å². The van der Waals surface area contributed by atoms with E-state index < -0.39 is 18.4 Å². The van der Waals surface area contributed by atoms with E-state index in [2.05, 4.69) is 10.6 Å². The lowest BCUT2D eigenvalue weighted by molar-refractivity contribution is -0.115. The number of rotatable bonds is 7. The Morgan fingerprint density at radius 3 is 2.00 bits per heavy atom. The van der Waals surface area contributed by atoms with Crippen molar-refractivity contribution in [3.05, 3.63) is 53.6 Å². The molecule has 2 N–H and O–H groups in total. The van der Waals surface area contributed by atoms with Crippen molar-refractivity contribution < 1.29 is 28.7 Å². The summed E-state index contributed by atoms with van der Waals surface area (Å²) in [6, 6.07) is 10.9. The number of ketones is 1. The highest BCUT2D eigenvalue weighted by molar-refractivity contribution is 6.02. The summed E-state index contributed by atoms with van der Waals surface area (Å²) in [5.74, 6) is -1.51. The smallest absolute Gasteiger partial charge is 0.338 e. The molecule has 0 saturated heterocycles. The molecule has 0 saturated carbocycles. The van der Waals surface area contributed by atoms with Gasteiger partial charge in [-0.05, 0) is 30.3 Å². The van der Waals surface area contributed by atoms with Gasteiger partial charge in [-0.25, -0.2) is 4.79 Å². The summed E-state index contributed by atoms with van der Waals surface area (Å²) in [4.78, 5) is 47.3. The van der Waals surface area contributed by atoms with Crippen LogP contribution in [0.5, 0.6) is 5.75 Å². The van der Waals surface area contributed by atoms with Crippen molar-refractivity contribution in [1.82, 2.24) is 0 Å². The fourth-order valence-electron chi connectivity index (χ4n) is 2.46. The van der Waals surface area contributed by atoms with Crippen LogP contribution in [0.25, 0.3) is 0 Å². The molecule has 8 heteroatoms. The first kappa shape index (κ1) is 20.6. The van der Waals surface area contributed by atoms with E-state index in [9.17, 15) is 19.2 Å². The van der Waals surface area contributed by atoms with Gasteiger partial charge in [0.15, 0.2) is 6.61 Å². The summed E-state index contributed by atoms with van der Waals surface area (Å²) in [6.07, 6.45) is 0. The highest BCUT2D eigenvalue weighted by atomic mass is 16.5. The molecule has 0 atom stereocenters. The van der Waals surface area contributed by atoms with Crippen LogP contribution in [-0.4, -0.2) is 37.3 Å². The van der Waals surface area contributed by atoms with Gasteiger partial charge in [0, 0.05) is 25.2 Å². The van der Waals surface area contributed by atoms with Crippen LogP contribution >= 0.6 is 0 Å². The van der Waals surface area contributed by atoms with E-state index in [4.69, 9.17) is 9.47 Å². The molecular weight excluding hydrogens is 364 g/mol. The Kier molecular flexibility index (Phi) is 6.86. The monoisotopic (exact) mass is 384 g/mol. The summed E-state index contributed by atoms with van der Waals surface area (Å²) in [5.41, 5.74) is 0.982. The SMILES string of the molecule is COc1ccccc1C(=O)COC(=O)c1cc(NC(C)=O)cc(NC(C)=O)c1. The first-order chi connectivity index (χ1) is 13.3. The van der Waals surface area contributed by atoms with Gasteiger partial charge in [0.1, 0.15) is 5.75 Å². The zero-order chi connectivity index (χ0) is 20.7. The summed E-state index contributed by atoms with van der Waals surface area (Å²) in [6.45, 7) is 2.14. The number of hydrogen-bond acceptors (Lipinski definition) is 6. The van der Waals surface area contributed by atoms with Crippen molar-refractivity contribution in [2.75, 3.05) is 24.4 Å². The van der Waals surface area contributed by atoms with Crippen molar-refractivity contribution in [3.8, 4) is 5.75 Å². The number of ether oxygens (including phenoxy) is 2. The van der Waals surface area contributed by atoms with E-state index in [1.807, 2.05) is 0 Å². The van der Waals surface area contributed by atoms with Gasteiger partial charge >= 0.3 is 5.97 Å². The van der Waals surface area contributed by atoms with Crippen LogP contribution in [0.2, 0.25) is 0 Å². The minimum absolute atomic E-state index is 0.0721.